The molecule has 280 valence electrons. The van der Waals surface area contributed by atoms with Gasteiger partial charge in [-0.2, -0.15) is 0 Å². The van der Waals surface area contributed by atoms with E-state index in [9.17, 15) is 9.59 Å². The highest BCUT2D eigenvalue weighted by atomic mass is 16.6. The summed E-state index contributed by atoms with van der Waals surface area (Å²) in [5.74, 6) is 2.05. The first-order chi connectivity index (χ1) is 24.7. The van der Waals surface area contributed by atoms with Crippen molar-refractivity contribution in [1.82, 2.24) is 0 Å². The highest BCUT2D eigenvalue weighted by Crippen LogP contribution is 2.55. The number of carbonyl (C=O) groups is 2. The first kappa shape index (κ1) is 40.2. The second-order valence-corrected chi connectivity index (χ2v) is 14.2. The lowest BCUT2D eigenvalue weighted by Crippen LogP contribution is -2.39. The van der Waals surface area contributed by atoms with Crippen molar-refractivity contribution >= 4 is 11.9 Å². The first-order valence-corrected chi connectivity index (χ1v) is 19.1. The summed E-state index contributed by atoms with van der Waals surface area (Å²) in [6.07, 6.45) is 11.9. The van der Waals surface area contributed by atoms with Crippen molar-refractivity contribution in [2.75, 3.05) is 26.4 Å². The largest absolute Gasteiger partial charge is 0.491 e. The Balaban J connectivity index is 1.31. The number of hydrogen-bond acceptors (Lipinski definition) is 8. The van der Waals surface area contributed by atoms with Gasteiger partial charge in [-0.25, -0.2) is 9.59 Å². The first-order valence-electron chi connectivity index (χ1n) is 19.1. The normalized spacial score (nSPS) is 22.1. The Morgan fingerprint density at radius 3 is 1.67 bits per heavy atom. The molecule has 0 amide bonds. The number of rotatable bonds is 22. The van der Waals surface area contributed by atoms with Crippen LogP contribution in [0.1, 0.15) is 109 Å². The second kappa shape index (κ2) is 20.4. The zero-order chi connectivity index (χ0) is 36.6. The minimum Gasteiger partial charge on any atom is -0.491 e. The Bertz CT molecular complexity index is 1370. The summed E-state index contributed by atoms with van der Waals surface area (Å²) in [5.41, 5.74) is 2.97. The molecule has 4 rings (SSSR count). The molecular formula is C43H60O8. The van der Waals surface area contributed by atoms with Gasteiger partial charge in [-0.3, -0.25) is 0 Å². The van der Waals surface area contributed by atoms with Crippen LogP contribution in [0.4, 0.5) is 0 Å². The Morgan fingerprint density at radius 1 is 0.706 bits per heavy atom. The smallest absolute Gasteiger partial charge is 0.330 e. The maximum absolute atomic E-state index is 11.6. The Labute approximate surface area is 305 Å². The van der Waals surface area contributed by atoms with Gasteiger partial charge in [0.1, 0.15) is 36.9 Å². The second-order valence-electron chi connectivity index (χ2n) is 14.2. The van der Waals surface area contributed by atoms with Crippen LogP contribution >= 0.6 is 0 Å². The molecule has 2 aromatic carbocycles. The zero-order valence-electron chi connectivity index (χ0n) is 31.3. The molecule has 0 aliphatic heterocycles. The summed E-state index contributed by atoms with van der Waals surface area (Å²) in [7, 11) is 0. The Morgan fingerprint density at radius 2 is 1.20 bits per heavy atom. The van der Waals surface area contributed by atoms with Gasteiger partial charge in [0, 0.05) is 12.2 Å². The molecule has 7 unspecified atom stereocenters. The van der Waals surface area contributed by atoms with Gasteiger partial charge < -0.3 is 28.4 Å². The van der Waals surface area contributed by atoms with Crippen LogP contribution in [0, 0.1) is 5.92 Å². The third-order valence-corrected chi connectivity index (χ3v) is 10.6. The molecule has 51 heavy (non-hydrogen) atoms. The zero-order valence-corrected chi connectivity index (χ0v) is 31.3. The molecule has 0 N–H and O–H groups in total. The molecule has 0 saturated heterocycles. The lowest BCUT2D eigenvalue weighted by molar-refractivity contribution is -0.148. The molecule has 0 aromatic heterocycles. The quantitative estimate of drug-likeness (QED) is 0.0886. The summed E-state index contributed by atoms with van der Waals surface area (Å²) in [6.45, 7) is 16.6. The average Bonchev–Trinajstić information content (AvgIpc) is 3.16. The van der Waals surface area contributed by atoms with E-state index in [1.165, 1.54) is 55.4 Å². The molecule has 0 spiro atoms. The van der Waals surface area contributed by atoms with E-state index in [1.807, 2.05) is 13.8 Å². The van der Waals surface area contributed by atoms with Gasteiger partial charge in [0.15, 0.2) is 0 Å². The molecule has 8 nitrogen and oxygen atoms in total. The van der Waals surface area contributed by atoms with Crippen molar-refractivity contribution in [2.45, 2.75) is 128 Å². The van der Waals surface area contributed by atoms with Crippen LogP contribution in [0.5, 0.6) is 11.5 Å². The number of hydrogen-bond donors (Lipinski definition) is 0. The molecule has 2 aliphatic rings. The summed E-state index contributed by atoms with van der Waals surface area (Å²) < 4.78 is 35.1. The van der Waals surface area contributed by atoms with Gasteiger partial charge in [0.2, 0.25) is 0 Å². The van der Waals surface area contributed by atoms with E-state index in [0.29, 0.717) is 45.2 Å². The number of ether oxygens (including phenoxy) is 6. The van der Waals surface area contributed by atoms with Crippen molar-refractivity contribution in [3.8, 4) is 11.5 Å². The summed E-state index contributed by atoms with van der Waals surface area (Å²) in [5, 5.41) is 0. The molecular weight excluding hydrogens is 644 g/mol. The van der Waals surface area contributed by atoms with E-state index < -0.39 is 11.9 Å². The van der Waals surface area contributed by atoms with Crippen molar-refractivity contribution in [1.29, 1.82) is 0 Å². The summed E-state index contributed by atoms with van der Waals surface area (Å²) in [4.78, 5) is 23.2. The van der Waals surface area contributed by atoms with E-state index in [2.05, 4.69) is 75.5 Å². The van der Waals surface area contributed by atoms with Crippen LogP contribution in [0.2, 0.25) is 0 Å². The van der Waals surface area contributed by atoms with Crippen LogP contribution < -0.4 is 9.47 Å². The predicted molar refractivity (Wildman–Crippen MR) is 200 cm³/mol. The number of benzene rings is 2. The van der Waals surface area contributed by atoms with Crippen molar-refractivity contribution < 1.29 is 38.0 Å². The maximum atomic E-state index is 11.6. The SMILES string of the molecule is C=CC(=O)OC(CC)COC(CC)COc1ccc(C2CC3CCCC(c4ccc(OCC(CC)OCC(CC)OC(=O)C=C)cc4)(C3)C2)cc1. The number of esters is 2. The predicted octanol–water partition coefficient (Wildman–Crippen LogP) is 9.06. The molecule has 2 saturated carbocycles. The van der Waals surface area contributed by atoms with Gasteiger partial charge in [-0.05, 0) is 104 Å². The molecule has 2 bridgehead atoms. The van der Waals surface area contributed by atoms with Gasteiger partial charge >= 0.3 is 11.9 Å². The number of fused-ring (bicyclic) bond motifs is 2. The van der Waals surface area contributed by atoms with E-state index in [1.54, 1.807) is 0 Å². The van der Waals surface area contributed by atoms with Crippen LogP contribution in [0.15, 0.2) is 73.8 Å². The lowest BCUT2D eigenvalue weighted by Gasteiger charge is -2.49. The molecule has 8 heteroatoms. The Hall–Kier alpha value is -3.62. The molecule has 2 aliphatic carbocycles. The molecule has 0 radical (unpaired) electrons. The minimum absolute atomic E-state index is 0.0916. The summed E-state index contributed by atoms with van der Waals surface area (Å²) in [6, 6.07) is 17.4. The average molecular weight is 705 g/mol. The maximum Gasteiger partial charge on any atom is 0.330 e. The van der Waals surface area contributed by atoms with E-state index in [4.69, 9.17) is 28.4 Å². The van der Waals surface area contributed by atoms with E-state index >= 15 is 0 Å². The fourth-order valence-electron chi connectivity index (χ4n) is 7.53. The van der Waals surface area contributed by atoms with Crippen molar-refractivity contribution in [3.05, 3.63) is 85.0 Å². The van der Waals surface area contributed by atoms with Gasteiger partial charge in [0.05, 0.1) is 25.4 Å². The fourth-order valence-corrected chi connectivity index (χ4v) is 7.53. The highest BCUT2D eigenvalue weighted by Gasteiger charge is 2.44. The standard InChI is InChI=1S/C43H60O8/c1-7-35(46-29-37(9-3)50-41(44)11-5)27-48-39-19-15-32(16-20-39)33-24-31-14-13-23-43(25-31,26-33)34-17-21-40(22-18-34)49-28-36(8-2)47-30-38(10-4)51-42(45)12-6/h11-12,15-22,31,33,35-38H,5-10,13-14,23-30H2,1-4H3. The minimum atomic E-state index is -0.428. The molecule has 7 atom stereocenters. The van der Waals surface area contributed by atoms with Crippen LogP contribution in [0.3, 0.4) is 0 Å². The highest BCUT2D eigenvalue weighted by molar-refractivity contribution is 5.81. The number of carbonyl (C=O) groups excluding carboxylic acids is 2. The molecule has 2 aromatic rings. The monoisotopic (exact) mass is 704 g/mol. The van der Waals surface area contributed by atoms with Crippen LogP contribution in [-0.2, 0) is 34.0 Å². The van der Waals surface area contributed by atoms with Gasteiger partial charge in [0.25, 0.3) is 0 Å². The molecule has 2 fully saturated rings. The van der Waals surface area contributed by atoms with Gasteiger partial charge in [-0.1, -0.05) is 78.0 Å². The summed E-state index contributed by atoms with van der Waals surface area (Å²) >= 11 is 0. The van der Waals surface area contributed by atoms with Crippen LogP contribution in [-0.4, -0.2) is 62.8 Å². The van der Waals surface area contributed by atoms with E-state index in [0.717, 1.165) is 36.7 Å². The third kappa shape index (κ3) is 12.0. The van der Waals surface area contributed by atoms with Gasteiger partial charge in [-0.15, -0.1) is 0 Å². The fraction of sp³-hybridized carbons (Fsp3) is 0.581. The lowest BCUT2D eigenvalue weighted by atomic mass is 9.55. The van der Waals surface area contributed by atoms with E-state index in [-0.39, 0.29) is 29.8 Å². The topological polar surface area (TPSA) is 89.5 Å². The van der Waals surface area contributed by atoms with Crippen LogP contribution in [0.25, 0.3) is 0 Å². The van der Waals surface area contributed by atoms with Crippen molar-refractivity contribution in [3.63, 3.8) is 0 Å². The third-order valence-electron chi connectivity index (χ3n) is 10.6. The Kier molecular flexibility index (Phi) is 16.1. The molecule has 0 heterocycles. The van der Waals surface area contributed by atoms with Crippen molar-refractivity contribution in [2.24, 2.45) is 5.92 Å².